The number of anilines is 1. The average Bonchev–Trinajstić information content (AvgIpc) is 3.06. The molecule has 0 atom stereocenters. The molecule has 32 heavy (non-hydrogen) atoms. The van der Waals surface area contributed by atoms with Crippen LogP contribution in [0.1, 0.15) is 22.6 Å². The standard InChI is InChI=1S/C25H23N5O2/c1-16-14-24(32)28-25(26-16)19-8-7-9-20(15-19)27-23(31)13-12-22-17(2)29-30(18(22)3)21-10-5-4-6-11-21/h4-15H,1-3H3,(H,27,31)(H,26,28,32). The number of carbonyl (C=O) groups excluding carboxylic acids is 1. The first kappa shape index (κ1) is 21.0. The number of rotatable bonds is 5. The summed E-state index contributed by atoms with van der Waals surface area (Å²) in [5, 5.41) is 7.46. The van der Waals surface area contributed by atoms with Gasteiger partial charge in [-0.05, 0) is 51.1 Å². The summed E-state index contributed by atoms with van der Waals surface area (Å²) in [6.45, 7) is 5.66. The number of H-pyrrole nitrogens is 1. The van der Waals surface area contributed by atoms with Gasteiger partial charge < -0.3 is 10.3 Å². The van der Waals surface area contributed by atoms with E-state index < -0.39 is 0 Å². The fraction of sp³-hybridized carbons (Fsp3) is 0.120. The highest BCUT2D eigenvalue weighted by Crippen LogP contribution is 2.21. The van der Waals surface area contributed by atoms with E-state index in [0.29, 0.717) is 22.8 Å². The van der Waals surface area contributed by atoms with E-state index in [4.69, 9.17) is 0 Å². The lowest BCUT2D eigenvalue weighted by atomic mass is 10.1. The minimum Gasteiger partial charge on any atom is -0.322 e. The Morgan fingerprint density at radius 3 is 2.56 bits per heavy atom. The summed E-state index contributed by atoms with van der Waals surface area (Å²) in [5.74, 6) is 0.195. The number of aryl methyl sites for hydroxylation is 2. The maximum Gasteiger partial charge on any atom is 0.251 e. The summed E-state index contributed by atoms with van der Waals surface area (Å²) in [4.78, 5) is 31.3. The lowest BCUT2D eigenvalue weighted by Gasteiger charge is -2.06. The molecular formula is C25H23N5O2. The number of aromatic amines is 1. The first-order chi connectivity index (χ1) is 15.4. The van der Waals surface area contributed by atoms with Crippen molar-refractivity contribution in [3.8, 4) is 17.1 Å². The van der Waals surface area contributed by atoms with Gasteiger partial charge in [0.15, 0.2) is 0 Å². The van der Waals surface area contributed by atoms with Gasteiger partial charge in [0.1, 0.15) is 5.82 Å². The molecule has 7 nitrogen and oxygen atoms in total. The van der Waals surface area contributed by atoms with Gasteiger partial charge in [0.05, 0.1) is 11.4 Å². The molecule has 0 radical (unpaired) electrons. The SMILES string of the molecule is Cc1cc(=O)[nH]c(-c2cccc(NC(=O)C=Cc3c(C)nn(-c4ccccc4)c3C)c2)n1. The summed E-state index contributed by atoms with van der Waals surface area (Å²) in [6, 6.07) is 18.5. The lowest BCUT2D eigenvalue weighted by molar-refractivity contribution is -0.111. The summed E-state index contributed by atoms with van der Waals surface area (Å²) in [7, 11) is 0. The highest BCUT2D eigenvalue weighted by Gasteiger charge is 2.11. The largest absolute Gasteiger partial charge is 0.322 e. The minimum atomic E-state index is -0.265. The second-order valence-corrected chi connectivity index (χ2v) is 7.47. The van der Waals surface area contributed by atoms with Crippen molar-refractivity contribution in [2.24, 2.45) is 0 Å². The van der Waals surface area contributed by atoms with Crippen LogP contribution in [0.2, 0.25) is 0 Å². The Morgan fingerprint density at radius 1 is 1.03 bits per heavy atom. The van der Waals surface area contributed by atoms with Crippen molar-refractivity contribution in [3.05, 3.63) is 99.7 Å². The Hall–Kier alpha value is -4.26. The molecule has 0 aliphatic carbocycles. The molecular weight excluding hydrogens is 402 g/mol. The Morgan fingerprint density at radius 2 is 1.81 bits per heavy atom. The van der Waals surface area contributed by atoms with Crippen molar-refractivity contribution >= 4 is 17.7 Å². The van der Waals surface area contributed by atoms with Crippen LogP contribution in [-0.4, -0.2) is 25.7 Å². The van der Waals surface area contributed by atoms with Crippen molar-refractivity contribution < 1.29 is 4.79 Å². The zero-order chi connectivity index (χ0) is 22.7. The molecule has 0 unspecified atom stereocenters. The number of amides is 1. The van der Waals surface area contributed by atoms with Gasteiger partial charge in [0.25, 0.3) is 5.56 Å². The molecule has 2 aromatic heterocycles. The number of nitrogens with zero attached hydrogens (tertiary/aromatic N) is 3. The number of hydrogen-bond acceptors (Lipinski definition) is 4. The smallest absolute Gasteiger partial charge is 0.251 e. The van der Waals surface area contributed by atoms with Gasteiger partial charge in [-0.3, -0.25) is 9.59 Å². The molecule has 2 N–H and O–H groups in total. The second kappa shape index (κ2) is 8.85. The van der Waals surface area contributed by atoms with Crippen LogP contribution >= 0.6 is 0 Å². The van der Waals surface area contributed by atoms with E-state index in [0.717, 1.165) is 22.6 Å². The summed E-state index contributed by atoms with van der Waals surface area (Å²) < 4.78 is 1.87. The van der Waals surface area contributed by atoms with E-state index >= 15 is 0 Å². The van der Waals surface area contributed by atoms with Crippen molar-refractivity contribution in [2.75, 3.05) is 5.32 Å². The molecule has 2 heterocycles. The van der Waals surface area contributed by atoms with E-state index in [2.05, 4.69) is 20.4 Å². The van der Waals surface area contributed by atoms with Gasteiger partial charge in [-0.2, -0.15) is 5.10 Å². The predicted octanol–water partition coefficient (Wildman–Crippen LogP) is 4.20. The van der Waals surface area contributed by atoms with Crippen LogP contribution in [0.4, 0.5) is 5.69 Å². The van der Waals surface area contributed by atoms with Crippen LogP contribution in [-0.2, 0) is 4.79 Å². The van der Waals surface area contributed by atoms with Gasteiger partial charge in [-0.1, -0.05) is 30.3 Å². The Labute approximate surface area is 185 Å². The van der Waals surface area contributed by atoms with Crippen LogP contribution in [0, 0.1) is 20.8 Å². The number of carbonyl (C=O) groups is 1. The van der Waals surface area contributed by atoms with Crippen LogP contribution in [0.25, 0.3) is 23.2 Å². The molecule has 7 heteroatoms. The van der Waals surface area contributed by atoms with Crippen LogP contribution in [0.15, 0.2) is 71.5 Å². The van der Waals surface area contributed by atoms with Crippen LogP contribution < -0.4 is 10.9 Å². The molecule has 1 amide bonds. The summed E-state index contributed by atoms with van der Waals surface area (Å²) >= 11 is 0. The van der Waals surface area contributed by atoms with E-state index in [1.54, 1.807) is 31.2 Å². The Kier molecular flexibility index (Phi) is 5.81. The van der Waals surface area contributed by atoms with Crippen molar-refractivity contribution in [3.63, 3.8) is 0 Å². The number of para-hydroxylation sites is 1. The van der Waals surface area contributed by atoms with E-state index in [-0.39, 0.29) is 11.5 Å². The zero-order valence-electron chi connectivity index (χ0n) is 18.1. The molecule has 4 aromatic rings. The highest BCUT2D eigenvalue weighted by atomic mass is 16.1. The third-order valence-corrected chi connectivity index (χ3v) is 5.02. The normalized spacial score (nSPS) is 11.1. The van der Waals surface area contributed by atoms with Crippen LogP contribution in [0.5, 0.6) is 0 Å². The topological polar surface area (TPSA) is 92.7 Å². The maximum atomic E-state index is 12.5. The first-order valence-electron chi connectivity index (χ1n) is 10.2. The molecule has 0 saturated carbocycles. The molecule has 0 spiro atoms. The molecule has 160 valence electrons. The Balaban J connectivity index is 1.52. The van der Waals surface area contributed by atoms with E-state index in [1.807, 2.05) is 54.9 Å². The maximum absolute atomic E-state index is 12.5. The monoisotopic (exact) mass is 425 g/mol. The summed E-state index contributed by atoms with van der Waals surface area (Å²) in [5.41, 5.74) is 5.39. The molecule has 0 aliphatic heterocycles. The molecule has 0 aliphatic rings. The second-order valence-electron chi connectivity index (χ2n) is 7.47. The molecule has 4 rings (SSSR count). The first-order valence-corrected chi connectivity index (χ1v) is 10.2. The molecule has 2 aromatic carbocycles. The summed E-state index contributed by atoms with van der Waals surface area (Å²) in [6.07, 6.45) is 3.27. The van der Waals surface area contributed by atoms with Crippen LogP contribution in [0.3, 0.4) is 0 Å². The molecule has 0 bridgehead atoms. The number of hydrogen-bond donors (Lipinski definition) is 2. The number of aromatic nitrogens is 4. The molecule has 0 saturated heterocycles. The average molecular weight is 425 g/mol. The fourth-order valence-electron chi connectivity index (χ4n) is 3.52. The van der Waals surface area contributed by atoms with E-state index in [1.165, 1.54) is 12.1 Å². The number of nitrogens with one attached hydrogen (secondary N) is 2. The number of benzene rings is 2. The fourth-order valence-corrected chi connectivity index (χ4v) is 3.52. The quantitative estimate of drug-likeness (QED) is 0.469. The van der Waals surface area contributed by atoms with Gasteiger partial charge in [-0.15, -0.1) is 0 Å². The van der Waals surface area contributed by atoms with Gasteiger partial charge >= 0.3 is 0 Å². The van der Waals surface area contributed by atoms with Gasteiger partial charge in [0.2, 0.25) is 5.91 Å². The zero-order valence-corrected chi connectivity index (χ0v) is 18.1. The van der Waals surface area contributed by atoms with Crippen molar-refractivity contribution in [2.45, 2.75) is 20.8 Å². The third-order valence-electron chi connectivity index (χ3n) is 5.02. The van der Waals surface area contributed by atoms with Gasteiger partial charge in [0, 0.05) is 40.3 Å². The molecule has 0 fully saturated rings. The predicted molar refractivity (Wildman–Crippen MR) is 126 cm³/mol. The van der Waals surface area contributed by atoms with Gasteiger partial charge in [-0.25, -0.2) is 9.67 Å². The Bertz CT molecular complexity index is 1370. The van der Waals surface area contributed by atoms with Crippen molar-refractivity contribution in [1.82, 2.24) is 19.7 Å². The lowest BCUT2D eigenvalue weighted by Crippen LogP contribution is -2.10. The third kappa shape index (κ3) is 4.57. The van der Waals surface area contributed by atoms with E-state index in [9.17, 15) is 9.59 Å². The highest BCUT2D eigenvalue weighted by molar-refractivity contribution is 6.02. The minimum absolute atomic E-state index is 0.216. The van der Waals surface area contributed by atoms with Crippen molar-refractivity contribution in [1.29, 1.82) is 0 Å².